The Labute approximate surface area is 140 Å². The minimum atomic E-state index is 0.154. The monoisotopic (exact) mass is 328 g/mol. The molecule has 0 atom stereocenters. The van der Waals surface area contributed by atoms with Gasteiger partial charge in [-0.15, -0.1) is 0 Å². The third-order valence-corrected chi connectivity index (χ3v) is 4.51. The highest BCUT2D eigenvalue weighted by Crippen LogP contribution is 2.32. The topological polar surface area (TPSA) is 59.8 Å². The smallest absolute Gasteiger partial charge is 0.237 e. The second-order valence-electron chi connectivity index (χ2n) is 6.21. The molecule has 1 fully saturated rings. The van der Waals surface area contributed by atoms with Gasteiger partial charge in [0.1, 0.15) is 0 Å². The van der Waals surface area contributed by atoms with Crippen LogP contribution in [0.3, 0.4) is 0 Å². The standard InChI is InChI=1S/C17H20N4O3/c1-19-11-18-7-14(19)9-20-4-5-21(17(22)10-20)8-13-2-3-15-16(6-13)24-12-23-15/h2-3,6-7,11H,4-5,8-10,12H2,1H3. The van der Waals surface area contributed by atoms with Crippen LogP contribution in [0.25, 0.3) is 0 Å². The summed E-state index contributed by atoms with van der Waals surface area (Å²) in [6.07, 6.45) is 3.64. The third-order valence-electron chi connectivity index (χ3n) is 4.51. The number of fused-ring (bicyclic) bond motifs is 1. The van der Waals surface area contributed by atoms with Crippen LogP contribution in [-0.2, 0) is 24.9 Å². The number of imidazole rings is 1. The Bertz CT molecular complexity index is 758. The van der Waals surface area contributed by atoms with E-state index >= 15 is 0 Å². The highest BCUT2D eigenvalue weighted by Gasteiger charge is 2.25. The van der Waals surface area contributed by atoms with Gasteiger partial charge < -0.3 is 18.9 Å². The second kappa shape index (κ2) is 6.16. The summed E-state index contributed by atoms with van der Waals surface area (Å²) in [5, 5.41) is 0. The van der Waals surface area contributed by atoms with Crippen LogP contribution >= 0.6 is 0 Å². The van der Waals surface area contributed by atoms with Gasteiger partial charge in [0.25, 0.3) is 0 Å². The van der Waals surface area contributed by atoms with Gasteiger partial charge in [0.15, 0.2) is 11.5 Å². The molecule has 0 N–H and O–H groups in total. The lowest BCUT2D eigenvalue weighted by Gasteiger charge is -2.34. The average Bonchev–Trinajstić information content (AvgIpc) is 3.19. The van der Waals surface area contributed by atoms with Crippen molar-refractivity contribution in [2.24, 2.45) is 7.05 Å². The third kappa shape index (κ3) is 2.94. The van der Waals surface area contributed by atoms with Gasteiger partial charge in [0.05, 0.1) is 18.6 Å². The van der Waals surface area contributed by atoms with Gasteiger partial charge in [0.2, 0.25) is 12.7 Å². The van der Waals surface area contributed by atoms with E-state index in [1.807, 2.05) is 40.9 Å². The van der Waals surface area contributed by atoms with Gasteiger partial charge in [0, 0.05) is 39.4 Å². The number of rotatable bonds is 4. The number of aryl methyl sites for hydroxylation is 1. The molecule has 1 aromatic heterocycles. The minimum Gasteiger partial charge on any atom is -0.454 e. The van der Waals surface area contributed by atoms with Crippen molar-refractivity contribution < 1.29 is 14.3 Å². The van der Waals surface area contributed by atoms with Crippen LogP contribution in [-0.4, -0.2) is 51.7 Å². The first-order valence-electron chi connectivity index (χ1n) is 8.03. The number of hydrogen-bond donors (Lipinski definition) is 0. The highest BCUT2D eigenvalue weighted by atomic mass is 16.7. The number of piperazine rings is 1. The number of aromatic nitrogens is 2. The Morgan fingerprint density at radius 2 is 2.04 bits per heavy atom. The molecule has 0 unspecified atom stereocenters. The molecular weight excluding hydrogens is 308 g/mol. The Morgan fingerprint density at radius 3 is 2.83 bits per heavy atom. The van der Waals surface area contributed by atoms with Crippen LogP contribution in [0.15, 0.2) is 30.7 Å². The molecule has 4 rings (SSSR count). The van der Waals surface area contributed by atoms with E-state index in [9.17, 15) is 4.79 Å². The maximum absolute atomic E-state index is 12.5. The first-order valence-corrected chi connectivity index (χ1v) is 8.03. The van der Waals surface area contributed by atoms with Gasteiger partial charge >= 0.3 is 0 Å². The number of carbonyl (C=O) groups is 1. The van der Waals surface area contributed by atoms with E-state index < -0.39 is 0 Å². The zero-order valence-corrected chi connectivity index (χ0v) is 13.6. The van der Waals surface area contributed by atoms with Crippen molar-refractivity contribution in [1.29, 1.82) is 0 Å². The number of amides is 1. The largest absolute Gasteiger partial charge is 0.454 e. The summed E-state index contributed by atoms with van der Waals surface area (Å²) < 4.78 is 12.7. The summed E-state index contributed by atoms with van der Waals surface area (Å²) in [5.41, 5.74) is 2.18. The van der Waals surface area contributed by atoms with Gasteiger partial charge in [-0.1, -0.05) is 6.07 Å². The predicted molar refractivity (Wildman–Crippen MR) is 86.5 cm³/mol. The van der Waals surface area contributed by atoms with Crippen LogP contribution in [0.4, 0.5) is 0 Å². The number of benzene rings is 1. The first-order chi connectivity index (χ1) is 11.7. The molecule has 0 spiro atoms. The Kier molecular flexibility index (Phi) is 3.86. The maximum atomic E-state index is 12.5. The number of hydrogen-bond acceptors (Lipinski definition) is 5. The molecule has 0 radical (unpaired) electrons. The quantitative estimate of drug-likeness (QED) is 0.838. The SMILES string of the molecule is Cn1cncc1CN1CCN(Cc2ccc3c(c2)OCO3)C(=O)C1. The van der Waals surface area contributed by atoms with Crippen molar-refractivity contribution in [3.8, 4) is 11.5 Å². The van der Waals surface area contributed by atoms with Crippen molar-refractivity contribution in [2.75, 3.05) is 26.4 Å². The van der Waals surface area contributed by atoms with Crippen molar-refractivity contribution >= 4 is 5.91 Å². The summed E-state index contributed by atoms with van der Waals surface area (Å²) in [4.78, 5) is 20.6. The molecule has 126 valence electrons. The molecule has 3 heterocycles. The van der Waals surface area contributed by atoms with Crippen LogP contribution in [0.5, 0.6) is 11.5 Å². The van der Waals surface area contributed by atoms with E-state index in [4.69, 9.17) is 9.47 Å². The van der Waals surface area contributed by atoms with E-state index in [0.29, 0.717) is 13.1 Å². The fourth-order valence-electron chi connectivity index (χ4n) is 3.09. The van der Waals surface area contributed by atoms with Crippen LogP contribution < -0.4 is 9.47 Å². The molecule has 0 aliphatic carbocycles. The fraction of sp³-hybridized carbons (Fsp3) is 0.412. The van der Waals surface area contributed by atoms with E-state index in [-0.39, 0.29) is 12.7 Å². The maximum Gasteiger partial charge on any atom is 0.237 e. The molecule has 2 aromatic rings. The van der Waals surface area contributed by atoms with Crippen LogP contribution in [0.2, 0.25) is 0 Å². The normalized spacial score (nSPS) is 17.5. The van der Waals surface area contributed by atoms with Gasteiger partial charge in [-0.3, -0.25) is 9.69 Å². The Balaban J connectivity index is 1.37. The molecule has 7 nitrogen and oxygen atoms in total. The number of ether oxygens (including phenoxy) is 2. The zero-order chi connectivity index (χ0) is 16.5. The molecule has 24 heavy (non-hydrogen) atoms. The average molecular weight is 328 g/mol. The van der Waals surface area contributed by atoms with Gasteiger partial charge in [-0.05, 0) is 17.7 Å². The first kappa shape index (κ1) is 15.0. The zero-order valence-electron chi connectivity index (χ0n) is 13.6. The lowest BCUT2D eigenvalue weighted by atomic mass is 10.1. The van der Waals surface area contributed by atoms with Crippen LogP contribution in [0.1, 0.15) is 11.3 Å². The highest BCUT2D eigenvalue weighted by molar-refractivity contribution is 5.79. The molecule has 0 saturated carbocycles. The number of carbonyl (C=O) groups excluding carboxylic acids is 1. The predicted octanol–water partition coefficient (Wildman–Crippen LogP) is 0.993. The number of nitrogens with zero attached hydrogens (tertiary/aromatic N) is 4. The molecule has 0 bridgehead atoms. The summed E-state index contributed by atoms with van der Waals surface area (Å²) >= 11 is 0. The molecule has 2 aliphatic rings. The molecule has 1 amide bonds. The van der Waals surface area contributed by atoms with E-state index in [0.717, 1.165) is 42.4 Å². The molecule has 7 heteroatoms. The summed E-state index contributed by atoms with van der Waals surface area (Å²) in [5.74, 6) is 1.68. The van der Waals surface area contributed by atoms with Crippen molar-refractivity contribution in [3.05, 3.63) is 42.0 Å². The molecule has 1 saturated heterocycles. The van der Waals surface area contributed by atoms with Gasteiger partial charge in [-0.25, -0.2) is 4.98 Å². The van der Waals surface area contributed by atoms with E-state index in [1.54, 1.807) is 6.33 Å². The summed E-state index contributed by atoms with van der Waals surface area (Å²) in [6.45, 7) is 3.65. The van der Waals surface area contributed by atoms with Crippen molar-refractivity contribution in [2.45, 2.75) is 13.1 Å². The lowest BCUT2D eigenvalue weighted by molar-refractivity contribution is -0.136. The summed E-state index contributed by atoms with van der Waals surface area (Å²) in [6, 6.07) is 5.85. The molecular formula is C17H20N4O3. The second-order valence-corrected chi connectivity index (χ2v) is 6.21. The minimum absolute atomic E-state index is 0.154. The van der Waals surface area contributed by atoms with Crippen molar-refractivity contribution in [1.82, 2.24) is 19.4 Å². The molecule has 2 aliphatic heterocycles. The Hall–Kier alpha value is -2.54. The van der Waals surface area contributed by atoms with E-state index in [1.165, 1.54) is 0 Å². The lowest BCUT2D eigenvalue weighted by Crippen LogP contribution is -2.49. The van der Waals surface area contributed by atoms with Crippen LogP contribution in [0, 0.1) is 0 Å². The summed E-state index contributed by atoms with van der Waals surface area (Å²) in [7, 11) is 1.97. The van der Waals surface area contributed by atoms with Gasteiger partial charge in [-0.2, -0.15) is 0 Å². The van der Waals surface area contributed by atoms with E-state index in [2.05, 4.69) is 9.88 Å². The Morgan fingerprint density at radius 1 is 1.17 bits per heavy atom. The fourth-order valence-corrected chi connectivity index (χ4v) is 3.09. The molecule has 1 aromatic carbocycles. The van der Waals surface area contributed by atoms with Crippen molar-refractivity contribution in [3.63, 3.8) is 0 Å².